The summed E-state index contributed by atoms with van der Waals surface area (Å²) >= 11 is 0. The van der Waals surface area contributed by atoms with Gasteiger partial charge >= 0.3 is 5.97 Å². The van der Waals surface area contributed by atoms with E-state index in [1.165, 1.54) is 6.42 Å². The van der Waals surface area contributed by atoms with Crippen molar-refractivity contribution in [3.05, 3.63) is 11.6 Å². The zero-order valence-corrected chi connectivity index (χ0v) is 12.1. The van der Waals surface area contributed by atoms with Crippen LogP contribution in [0.4, 0.5) is 0 Å². The van der Waals surface area contributed by atoms with Crippen LogP contribution < -0.4 is 5.32 Å². The van der Waals surface area contributed by atoms with Gasteiger partial charge in [0.2, 0.25) is 5.91 Å². The first-order valence-corrected chi connectivity index (χ1v) is 7.53. The third kappa shape index (κ3) is 2.77. The summed E-state index contributed by atoms with van der Waals surface area (Å²) in [6.45, 7) is 2.76. The number of aliphatic carboxylic acids is 1. The van der Waals surface area contributed by atoms with Gasteiger partial charge in [0.15, 0.2) is 5.82 Å². The largest absolute Gasteiger partial charge is 0.481 e. The van der Waals surface area contributed by atoms with Crippen molar-refractivity contribution in [2.75, 3.05) is 0 Å². The van der Waals surface area contributed by atoms with Crippen LogP contribution in [0.15, 0.2) is 0 Å². The molecule has 3 rings (SSSR count). The smallest absolute Gasteiger partial charge is 0.307 e. The van der Waals surface area contributed by atoms with Gasteiger partial charge in [-0.1, -0.05) is 6.42 Å². The predicted molar refractivity (Wildman–Crippen MR) is 73.4 cm³/mol. The molecule has 114 valence electrons. The molecule has 0 saturated heterocycles. The number of aromatic nitrogens is 3. The number of rotatable bonds is 4. The third-order valence-electron chi connectivity index (χ3n) is 4.33. The van der Waals surface area contributed by atoms with Crippen LogP contribution in [0.5, 0.6) is 0 Å². The molecule has 2 aliphatic rings. The summed E-state index contributed by atoms with van der Waals surface area (Å²) in [6, 6.07) is -0.244. The maximum Gasteiger partial charge on any atom is 0.307 e. The molecule has 1 unspecified atom stereocenters. The number of aryl methyl sites for hydroxylation is 1. The van der Waals surface area contributed by atoms with Gasteiger partial charge in [-0.15, -0.1) is 10.2 Å². The average molecular weight is 292 g/mol. The Balaban J connectivity index is 1.66. The van der Waals surface area contributed by atoms with Crippen LogP contribution in [0.1, 0.15) is 50.3 Å². The molecule has 1 aliphatic carbocycles. The summed E-state index contributed by atoms with van der Waals surface area (Å²) in [4.78, 5) is 22.8. The fourth-order valence-electron chi connectivity index (χ4n) is 2.97. The number of carbonyl (C=O) groups excluding carboxylic acids is 1. The van der Waals surface area contributed by atoms with Crippen molar-refractivity contribution in [3.8, 4) is 0 Å². The molecule has 1 fully saturated rings. The van der Waals surface area contributed by atoms with E-state index in [0.717, 1.165) is 37.5 Å². The zero-order valence-electron chi connectivity index (χ0n) is 12.1. The Kier molecular flexibility index (Phi) is 3.65. The topological polar surface area (TPSA) is 97.1 Å². The second-order valence-electron chi connectivity index (χ2n) is 5.95. The first kappa shape index (κ1) is 14.0. The lowest BCUT2D eigenvalue weighted by Gasteiger charge is -2.15. The maximum atomic E-state index is 12.0. The molecular weight excluding hydrogens is 272 g/mol. The Bertz CT molecular complexity index is 569. The van der Waals surface area contributed by atoms with Crippen LogP contribution in [-0.4, -0.2) is 31.7 Å². The molecule has 3 atom stereocenters. The van der Waals surface area contributed by atoms with Crippen LogP contribution in [-0.2, 0) is 22.6 Å². The van der Waals surface area contributed by atoms with Crippen LogP contribution in [0.25, 0.3) is 0 Å². The van der Waals surface area contributed by atoms with E-state index < -0.39 is 17.8 Å². The highest BCUT2D eigenvalue weighted by Gasteiger charge is 2.48. The fourth-order valence-corrected chi connectivity index (χ4v) is 2.97. The average Bonchev–Trinajstić information content (AvgIpc) is 3.19. The molecule has 1 aromatic heterocycles. The van der Waals surface area contributed by atoms with Crippen molar-refractivity contribution < 1.29 is 14.7 Å². The normalized spacial score (nSPS) is 25.6. The van der Waals surface area contributed by atoms with Gasteiger partial charge < -0.3 is 15.0 Å². The minimum absolute atomic E-state index is 0.194. The Morgan fingerprint density at radius 2 is 2.10 bits per heavy atom. The highest BCUT2D eigenvalue weighted by molar-refractivity contribution is 5.89. The van der Waals surface area contributed by atoms with Gasteiger partial charge in [0.25, 0.3) is 0 Å². The van der Waals surface area contributed by atoms with Crippen molar-refractivity contribution in [3.63, 3.8) is 0 Å². The SMILES string of the molecule is CC(NC(=O)[C@@H]1C[C@@H]1C(=O)O)c1nnc2n1CCCCC2. The lowest BCUT2D eigenvalue weighted by molar-refractivity contribution is -0.140. The zero-order chi connectivity index (χ0) is 15.0. The van der Waals surface area contributed by atoms with Gasteiger partial charge in [-0.2, -0.15) is 0 Å². The van der Waals surface area contributed by atoms with Gasteiger partial charge in [0, 0.05) is 13.0 Å². The lowest BCUT2D eigenvalue weighted by Crippen LogP contribution is -2.31. The summed E-state index contributed by atoms with van der Waals surface area (Å²) in [5.74, 6) is -0.240. The number of carbonyl (C=O) groups is 2. The van der Waals surface area contributed by atoms with Gasteiger partial charge in [0.05, 0.1) is 17.9 Å². The second kappa shape index (κ2) is 5.46. The highest BCUT2D eigenvalue weighted by atomic mass is 16.4. The molecular formula is C14H20N4O3. The Hall–Kier alpha value is -1.92. The van der Waals surface area contributed by atoms with Crippen molar-refractivity contribution in [2.24, 2.45) is 11.8 Å². The number of hydrogen-bond acceptors (Lipinski definition) is 4. The van der Waals surface area contributed by atoms with Crippen molar-refractivity contribution >= 4 is 11.9 Å². The molecule has 1 saturated carbocycles. The van der Waals surface area contributed by atoms with Crippen LogP contribution >= 0.6 is 0 Å². The van der Waals surface area contributed by atoms with Gasteiger partial charge in [0.1, 0.15) is 5.82 Å². The van der Waals surface area contributed by atoms with E-state index >= 15 is 0 Å². The Morgan fingerprint density at radius 1 is 1.29 bits per heavy atom. The molecule has 0 bridgehead atoms. The van der Waals surface area contributed by atoms with Crippen LogP contribution in [0.3, 0.4) is 0 Å². The predicted octanol–water partition coefficient (Wildman–Crippen LogP) is 0.902. The van der Waals surface area contributed by atoms with E-state index in [4.69, 9.17) is 5.11 Å². The molecule has 2 heterocycles. The number of nitrogens with zero attached hydrogens (tertiary/aromatic N) is 3. The number of carboxylic acid groups (broad SMARTS) is 1. The van der Waals surface area contributed by atoms with E-state index in [9.17, 15) is 9.59 Å². The first-order valence-electron chi connectivity index (χ1n) is 7.53. The summed E-state index contributed by atoms with van der Waals surface area (Å²) in [5, 5.41) is 20.2. The summed E-state index contributed by atoms with van der Waals surface area (Å²) in [7, 11) is 0. The van der Waals surface area contributed by atoms with Crippen molar-refractivity contribution in [2.45, 2.75) is 51.6 Å². The lowest BCUT2D eigenvalue weighted by atomic mass is 10.2. The summed E-state index contributed by atoms with van der Waals surface area (Å²) in [6.07, 6.45) is 4.78. The standard InChI is InChI=1S/C14H20N4O3/c1-8(15-13(19)9-7-10(9)14(20)21)12-17-16-11-5-3-2-4-6-18(11)12/h8-10H,2-7H2,1H3,(H,15,19)(H,20,21)/t8?,9-,10+/m1/s1. The van der Waals surface area contributed by atoms with Gasteiger partial charge in [-0.05, 0) is 26.2 Å². The summed E-state index contributed by atoms with van der Waals surface area (Å²) < 4.78 is 2.10. The summed E-state index contributed by atoms with van der Waals surface area (Å²) in [5.41, 5.74) is 0. The number of fused-ring (bicyclic) bond motifs is 1. The fraction of sp³-hybridized carbons (Fsp3) is 0.714. The molecule has 1 amide bonds. The highest BCUT2D eigenvalue weighted by Crippen LogP contribution is 2.39. The van der Waals surface area contributed by atoms with E-state index in [0.29, 0.717) is 6.42 Å². The Morgan fingerprint density at radius 3 is 2.81 bits per heavy atom. The quantitative estimate of drug-likeness (QED) is 0.859. The Labute approximate surface area is 122 Å². The van der Waals surface area contributed by atoms with E-state index in [-0.39, 0.29) is 11.9 Å². The molecule has 1 aromatic rings. The van der Waals surface area contributed by atoms with Gasteiger partial charge in [-0.3, -0.25) is 9.59 Å². The molecule has 1 aliphatic heterocycles. The minimum atomic E-state index is -0.890. The first-order chi connectivity index (χ1) is 10.1. The minimum Gasteiger partial charge on any atom is -0.481 e. The molecule has 7 nitrogen and oxygen atoms in total. The number of amides is 1. The number of carboxylic acids is 1. The molecule has 0 aromatic carbocycles. The van der Waals surface area contributed by atoms with E-state index in [1.54, 1.807) is 0 Å². The third-order valence-corrected chi connectivity index (χ3v) is 4.33. The second-order valence-corrected chi connectivity index (χ2v) is 5.95. The van der Waals surface area contributed by atoms with Crippen LogP contribution in [0.2, 0.25) is 0 Å². The molecule has 0 radical (unpaired) electrons. The van der Waals surface area contributed by atoms with Gasteiger partial charge in [-0.25, -0.2) is 0 Å². The number of nitrogens with one attached hydrogen (secondary N) is 1. The van der Waals surface area contributed by atoms with Crippen LogP contribution in [0, 0.1) is 11.8 Å². The molecule has 21 heavy (non-hydrogen) atoms. The molecule has 0 spiro atoms. The number of hydrogen-bond donors (Lipinski definition) is 2. The van der Waals surface area contributed by atoms with E-state index in [2.05, 4.69) is 20.1 Å². The monoisotopic (exact) mass is 292 g/mol. The molecule has 7 heteroatoms. The maximum absolute atomic E-state index is 12.0. The van der Waals surface area contributed by atoms with Crippen molar-refractivity contribution in [1.82, 2.24) is 20.1 Å². The van der Waals surface area contributed by atoms with Crippen molar-refractivity contribution in [1.29, 1.82) is 0 Å². The van der Waals surface area contributed by atoms with E-state index in [1.807, 2.05) is 6.92 Å². The molecule has 2 N–H and O–H groups in total.